The molecule has 0 unspecified atom stereocenters. The molecule has 2 atom stereocenters. The summed E-state index contributed by atoms with van der Waals surface area (Å²) in [5.74, 6) is -0.551. The molecule has 2 aromatic rings. The van der Waals surface area contributed by atoms with Crippen molar-refractivity contribution in [2.45, 2.75) is 19.0 Å². The number of hydrogen-bond acceptors (Lipinski definition) is 5. The largest absolute Gasteiger partial charge is 0.377 e. The Labute approximate surface area is 109 Å². The number of nitrogens with zero attached hydrogens (tertiary/aromatic N) is 4. The van der Waals surface area contributed by atoms with Crippen LogP contribution in [0.3, 0.4) is 0 Å². The van der Waals surface area contributed by atoms with Crippen molar-refractivity contribution in [3.05, 3.63) is 30.0 Å². The van der Waals surface area contributed by atoms with Gasteiger partial charge in [-0.05, 0) is 18.6 Å². The van der Waals surface area contributed by atoms with Gasteiger partial charge in [-0.3, -0.25) is 0 Å². The Hall–Kier alpha value is -1.86. The quantitative estimate of drug-likeness (QED) is 0.806. The van der Waals surface area contributed by atoms with Crippen LogP contribution < -0.4 is 5.73 Å². The van der Waals surface area contributed by atoms with E-state index in [0.29, 0.717) is 24.5 Å². The number of nitrogens with two attached hydrogens (primary N) is 1. The maximum atomic E-state index is 13.7. The first-order chi connectivity index (χ1) is 9.15. The van der Waals surface area contributed by atoms with Crippen LogP contribution >= 0.6 is 0 Å². The van der Waals surface area contributed by atoms with Crippen LogP contribution in [0.1, 0.15) is 11.6 Å². The number of hydrogen-bond donors (Lipinski definition) is 1. The fourth-order valence-electron chi connectivity index (χ4n) is 2.13. The summed E-state index contributed by atoms with van der Waals surface area (Å²) in [6.07, 6.45) is 3.16. The fourth-order valence-corrected chi connectivity index (χ4v) is 2.13. The average Bonchev–Trinajstić information content (AvgIpc) is 3.00. The summed E-state index contributed by atoms with van der Waals surface area (Å²) < 4.78 is 20.6. The monoisotopic (exact) mass is 263 g/mol. The van der Waals surface area contributed by atoms with Crippen molar-refractivity contribution >= 4 is 0 Å². The summed E-state index contributed by atoms with van der Waals surface area (Å²) in [6, 6.07) is 1.53. The van der Waals surface area contributed by atoms with E-state index in [1.54, 1.807) is 16.9 Å². The Morgan fingerprint density at radius 3 is 3.05 bits per heavy atom. The molecule has 2 N–H and O–H groups in total. The van der Waals surface area contributed by atoms with E-state index in [4.69, 9.17) is 10.5 Å². The van der Waals surface area contributed by atoms with E-state index in [0.717, 1.165) is 5.56 Å². The third-order valence-electron chi connectivity index (χ3n) is 3.19. The van der Waals surface area contributed by atoms with Gasteiger partial charge in [-0.2, -0.15) is 4.39 Å². The van der Waals surface area contributed by atoms with Crippen molar-refractivity contribution in [3.63, 3.8) is 0 Å². The number of rotatable bonds is 2. The van der Waals surface area contributed by atoms with Crippen LogP contribution in [0, 0.1) is 12.9 Å². The third kappa shape index (κ3) is 2.22. The van der Waals surface area contributed by atoms with Crippen molar-refractivity contribution in [3.8, 4) is 11.3 Å². The zero-order valence-electron chi connectivity index (χ0n) is 10.5. The number of aromatic nitrogens is 4. The topological polar surface area (TPSA) is 78.9 Å². The molecule has 0 radical (unpaired) electrons. The first-order valence-corrected chi connectivity index (χ1v) is 6.03. The highest BCUT2D eigenvalue weighted by Crippen LogP contribution is 2.23. The van der Waals surface area contributed by atoms with Gasteiger partial charge in [0.05, 0.1) is 37.1 Å². The molecule has 1 aliphatic heterocycles. The molecule has 0 amide bonds. The summed E-state index contributed by atoms with van der Waals surface area (Å²) in [5.41, 5.74) is 7.58. The average molecular weight is 263 g/mol. The van der Waals surface area contributed by atoms with E-state index in [1.807, 2.05) is 6.92 Å². The molecular formula is C12H14FN5O. The first-order valence-electron chi connectivity index (χ1n) is 6.03. The molecule has 0 aromatic carbocycles. The molecule has 6 nitrogen and oxygen atoms in total. The molecule has 3 rings (SSSR count). The van der Waals surface area contributed by atoms with Gasteiger partial charge >= 0.3 is 0 Å². The van der Waals surface area contributed by atoms with Crippen LogP contribution in [-0.2, 0) is 4.74 Å². The smallest absolute Gasteiger partial charge is 0.222 e. The summed E-state index contributed by atoms with van der Waals surface area (Å²) in [4.78, 5) is 3.68. The highest BCUT2D eigenvalue weighted by molar-refractivity contribution is 5.57. The second-order valence-electron chi connectivity index (χ2n) is 4.70. The predicted molar refractivity (Wildman–Crippen MR) is 65.8 cm³/mol. The van der Waals surface area contributed by atoms with Crippen molar-refractivity contribution in [2.75, 3.05) is 13.2 Å². The van der Waals surface area contributed by atoms with Gasteiger partial charge in [-0.15, -0.1) is 5.10 Å². The molecule has 0 aliphatic carbocycles. The van der Waals surface area contributed by atoms with Crippen LogP contribution in [0.25, 0.3) is 11.3 Å². The van der Waals surface area contributed by atoms with Crippen molar-refractivity contribution < 1.29 is 9.13 Å². The van der Waals surface area contributed by atoms with Gasteiger partial charge in [0.2, 0.25) is 5.95 Å². The normalized spacial score (nSPS) is 22.9. The second-order valence-corrected chi connectivity index (χ2v) is 4.70. The van der Waals surface area contributed by atoms with Crippen molar-refractivity contribution in [1.29, 1.82) is 0 Å². The van der Waals surface area contributed by atoms with Gasteiger partial charge in [0.1, 0.15) is 5.69 Å². The number of ether oxygens (including phenoxy) is 1. The zero-order valence-corrected chi connectivity index (χ0v) is 10.5. The van der Waals surface area contributed by atoms with Gasteiger partial charge in [-0.25, -0.2) is 9.67 Å². The summed E-state index contributed by atoms with van der Waals surface area (Å²) in [5, 5.41) is 8.00. The van der Waals surface area contributed by atoms with E-state index in [-0.39, 0.29) is 12.1 Å². The van der Waals surface area contributed by atoms with Gasteiger partial charge in [0.15, 0.2) is 0 Å². The van der Waals surface area contributed by atoms with Crippen molar-refractivity contribution in [1.82, 2.24) is 20.0 Å². The minimum absolute atomic E-state index is 0.0536. The molecule has 7 heteroatoms. The van der Waals surface area contributed by atoms with E-state index < -0.39 is 5.95 Å². The van der Waals surface area contributed by atoms with E-state index in [1.165, 1.54) is 6.20 Å². The lowest BCUT2D eigenvalue weighted by atomic mass is 10.1. The standard InChI is InChI=1S/C12H14FN5O/c1-7-2-8(12(13)15-3-7)10-4-18(17-16-10)11-6-19-5-9(11)14/h2-4,9,11H,5-6,14H2,1H3/t9-,11+/m0/s1. The predicted octanol–water partition coefficient (Wildman–Crippen LogP) is 0.686. The number of aryl methyl sites for hydroxylation is 1. The minimum Gasteiger partial charge on any atom is -0.377 e. The molecule has 1 fully saturated rings. The molecule has 3 heterocycles. The molecule has 0 saturated carbocycles. The van der Waals surface area contributed by atoms with Crippen LogP contribution in [-0.4, -0.2) is 39.2 Å². The van der Waals surface area contributed by atoms with Gasteiger partial charge < -0.3 is 10.5 Å². The van der Waals surface area contributed by atoms with Crippen LogP contribution in [0.4, 0.5) is 4.39 Å². The van der Waals surface area contributed by atoms with E-state index in [9.17, 15) is 4.39 Å². The number of halogens is 1. The fraction of sp³-hybridized carbons (Fsp3) is 0.417. The second kappa shape index (κ2) is 4.67. The lowest BCUT2D eigenvalue weighted by Crippen LogP contribution is -2.31. The molecule has 0 bridgehead atoms. The molecule has 0 spiro atoms. The third-order valence-corrected chi connectivity index (χ3v) is 3.19. The van der Waals surface area contributed by atoms with Crippen molar-refractivity contribution in [2.24, 2.45) is 5.73 Å². The Balaban J connectivity index is 1.94. The molecule has 100 valence electrons. The molecule has 19 heavy (non-hydrogen) atoms. The van der Waals surface area contributed by atoms with Gasteiger partial charge in [0.25, 0.3) is 0 Å². The summed E-state index contributed by atoms with van der Waals surface area (Å²) >= 11 is 0. The Kier molecular flexibility index (Phi) is 3.00. The van der Waals surface area contributed by atoms with Gasteiger partial charge in [-0.1, -0.05) is 5.21 Å². The lowest BCUT2D eigenvalue weighted by molar-refractivity contribution is 0.183. The van der Waals surface area contributed by atoms with Gasteiger partial charge in [0, 0.05) is 6.20 Å². The number of pyridine rings is 1. The van der Waals surface area contributed by atoms with Crippen LogP contribution in [0.2, 0.25) is 0 Å². The zero-order chi connectivity index (χ0) is 13.4. The highest BCUT2D eigenvalue weighted by Gasteiger charge is 2.28. The maximum absolute atomic E-state index is 13.7. The maximum Gasteiger partial charge on any atom is 0.222 e. The minimum atomic E-state index is -0.551. The van der Waals surface area contributed by atoms with E-state index >= 15 is 0 Å². The first kappa shape index (κ1) is 12.2. The lowest BCUT2D eigenvalue weighted by Gasteiger charge is -2.11. The SMILES string of the molecule is Cc1cnc(F)c(-c2cn([C@@H]3COC[C@@H]3N)nn2)c1. The molecule has 2 aromatic heterocycles. The molecule has 1 aliphatic rings. The van der Waals surface area contributed by atoms with Crippen LogP contribution in [0.15, 0.2) is 18.5 Å². The Bertz CT molecular complexity index is 600. The summed E-state index contributed by atoms with van der Waals surface area (Å²) in [7, 11) is 0. The Morgan fingerprint density at radius 2 is 2.32 bits per heavy atom. The highest BCUT2D eigenvalue weighted by atomic mass is 19.1. The summed E-state index contributed by atoms with van der Waals surface area (Å²) in [6.45, 7) is 2.85. The molecular weight excluding hydrogens is 249 g/mol. The Morgan fingerprint density at radius 1 is 1.47 bits per heavy atom. The molecule has 1 saturated heterocycles. The van der Waals surface area contributed by atoms with E-state index in [2.05, 4.69) is 15.3 Å². The van der Waals surface area contributed by atoms with Crippen LogP contribution in [0.5, 0.6) is 0 Å².